The molecule has 4 rings (SSSR count). The van der Waals surface area contributed by atoms with Crippen LogP contribution in [0, 0.1) is 0 Å². The fourth-order valence-electron chi connectivity index (χ4n) is 3.98. The zero-order valence-electron chi connectivity index (χ0n) is 19.4. The molecule has 1 N–H and O–H groups in total. The molecule has 35 heavy (non-hydrogen) atoms. The second-order valence-electron chi connectivity index (χ2n) is 7.95. The molecule has 0 spiro atoms. The summed E-state index contributed by atoms with van der Waals surface area (Å²) in [6, 6.07) is 23.7. The Balaban J connectivity index is 1.63. The number of hydrogen-bond donors (Lipinski definition) is 1. The number of amides is 2. The minimum Gasteiger partial charge on any atom is -0.497 e. The molecule has 180 valence electrons. The van der Waals surface area contributed by atoms with Gasteiger partial charge in [0.05, 0.1) is 12.7 Å². The summed E-state index contributed by atoms with van der Waals surface area (Å²) in [4.78, 5) is 40.6. The van der Waals surface area contributed by atoms with E-state index in [2.05, 4.69) is 5.32 Å². The zero-order chi connectivity index (χ0) is 24.8. The van der Waals surface area contributed by atoms with E-state index in [1.807, 2.05) is 30.3 Å². The number of anilines is 1. The number of ether oxygens (including phenoxy) is 3. The van der Waals surface area contributed by atoms with Gasteiger partial charge in [0.1, 0.15) is 11.8 Å². The van der Waals surface area contributed by atoms with Gasteiger partial charge < -0.3 is 19.5 Å². The van der Waals surface area contributed by atoms with Gasteiger partial charge in [0.15, 0.2) is 6.10 Å². The molecule has 1 heterocycles. The lowest BCUT2D eigenvalue weighted by Crippen LogP contribution is -2.72. The van der Waals surface area contributed by atoms with Crippen molar-refractivity contribution < 1.29 is 28.6 Å². The number of carbonyl (C=O) groups excluding carboxylic acids is 3. The first-order chi connectivity index (χ1) is 17.0. The summed E-state index contributed by atoms with van der Waals surface area (Å²) in [5, 5.41) is 2.83. The summed E-state index contributed by atoms with van der Waals surface area (Å²) in [7, 11) is 2.93. The van der Waals surface area contributed by atoms with Gasteiger partial charge in [-0.15, -0.1) is 0 Å². The number of esters is 1. The Bertz CT molecular complexity index is 1170. The number of rotatable bonds is 9. The summed E-state index contributed by atoms with van der Waals surface area (Å²) >= 11 is 0. The number of nitrogens with one attached hydrogen (secondary N) is 1. The smallest absolute Gasteiger partial charge is 0.338 e. The molecule has 1 aliphatic rings. The second kappa shape index (κ2) is 10.8. The van der Waals surface area contributed by atoms with Gasteiger partial charge in [-0.25, -0.2) is 4.79 Å². The Hall–Kier alpha value is -4.17. The summed E-state index contributed by atoms with van der Waals surface area (Å²) < 4.78 is 16.3. The first-order valence-corrected chi connectivity index (χ1v) is 11.1. The maximum absolute atomic E-state index is 13.4. The van der Waals surface area contributed by atoms with Crippen LogP contribution >= 0.6 is 0 Å². The van der Waals surface area contributed by atoms with Gasteiger partial charge in [0.2, 0.25) is 6.10 Å². The summed E-state index contributed by atoms with van der Waals surface area (Å²) in [5.74, 6) is -0.918. The van der Waals surface area contributed by atoms with Gasteiger partial charge in [-0.1, -0.05) is 48.5 Å². The molecular formula is C27H26N2O6. The molecule has 1 fully saturated rings. The van der Waals surface area contributed by atoms with E-state index < -0.39 is 30.1 Å². The third-order valence-corrected chi connectivity index (χ3v) is 5.82. The number of nitrogens with zero attached hydrogens (tertiary/aromatic N) is 1. The van der Waals surface area contributed by atoms with Gasteiger partial charge >= 0.3 is 5.97 Å². The van der Waals surface area contributed by atoms with E-state index in [0.717, 1.165) is 5.56 Å². The Morgan fingerprint density at radius 1 is 0.914 bits per heavy atom. The largest absolute Gasteiger partial charge is 0.497 e. The van der Waals surface area contributed by atoms with E-state index in [9.17, 15) is 14.4 Å². The highest BCUT2D eigenvalue weighted by Gasteiger charge is 2.56. The van der Waals surface area contributed by atoms with Crippen LogP contribution in [0.1, 0.15) is 15.9 Å². The van der Waals surface area contributed by atoms with Crippen molar-refractivity contribution in [3.05, 3.63) is 96.1 Å². The normalized spacial score (nSPS) is 17.8. The highest BCUT2D eigenvalue weighted by molar-refractivity contribution is 6.07. The Labute approximate surface area is 203 Å². The van der Waals surface area contributed by atoms with Crippen LogP contribution in [0.3, 0.4) is 0 Å². The third kappa shape index (κ3) is 5.17. The fourth-order valence-corrected chi connectivity index (χ4v) is 3.98. The molecule has 8 heteroatoms. The van der Waals surface area contributed by atoms with Crippen molar-refractivity contribution in [3.8, 4) is 5.75 Å². The average molecular weight is 475 g/mol. The topological polar surface area (TPSA) is 94.2 Å². The van der Waals surface area contributed by atoms with Crippen LogP contribution in [0.5, 0.6) is 5.75 Å². The van der Waals surface area contributed by atoms with Gasteiger partial charge in [0.25, 0.3) is 11.8 Å². The van der Waals surface area contributed by atoms with Crippen molar-refractivity contribution in [3.63, 3.8) is 0 Å². The highest BCUT2D eigenvalue weighted by Crippen LogP contribution is 2.34. The van der Waals surface area contributed by atoms with Crippen molar-refractivity contribution in [1.82, 2.24) is 5.32 Å². The van der Waals surface area contributed by atoms with Crippen molar-refractivity contribution in [1.29, 1.82) is 0 Å². The summed E-state index contributed by atoms with van der Waals surface area (Å²) in [6.45, 7) is 0.236. The fraction of sp³-hybridized carbons (Fsp3) is 0.222. The van der Waals surface area contributed by atoms with Crippen LogP contribution in [0.25, 0.3) is 0 Å². The van der Waals surface area contributed by atoms with E-state index in [1.165, 1.54) is 12.0 Å². The predicted molar refractivity (Wildman–Crippen MR) is 129 cm³/mol. The molecule has 3 atom stereocenters. The average Bonchev–Trinajstić information content (AvgIpc) is 2.91. The first kappa shape index (κ1) is 24.0. The summed E-state index contributed by atoms with van der Waals surface area (Å²) in [6.07, 6.45) is -2.26. The van der Waals surface area contributed by atoms with Crippen LogP contribution in [-0.2, 0) is 25.6 Å². The molecule has 0 unspecified atom stereocenters. The number of β-lactam (4-membered cyclic amide) rings is 1. The molecule has 3 aromatic carbocycles. The standard InChI is InChI=1S/C27H26N2O6/c1-33-21-15-13-20(14-16-21)29-22(24(34-2)26(29)31)23(35-27(32)19-11-7-4-8-12-19)25(30)28-17-18-9-5-3-6-10-18/h3-16,22-24H,17H2,1-2H3,(H,28,30)/t22-,23+,24-/m1/s1. The Morgan fingerprint density at radius 2 is 1.54 bits per heavy atom. The van der Waals surface area contributed by atoms with E-state index in [-0.39, 0.29) is 12.5 Å². The van der Waals surface area contributed by atoms with Gasteiger partial charge in [-0.3, -0.25) is 14.5 Å². The molecule has 8 nitrogen and oxygen atoms in total. The molecular weight excluding hydrogens is 448 g/mol. The zero-order valence-corrected chi connectivity index (χ0v) is 19.4. The minimum absolute atomic E-state index is 0.236. The van der Waals surface area contributed by atoms with Crippen LogP contribution in [-0.4, -0.2) is 50.3 Å². The van der Waals surface area contributed by atoms with Crippen molar-refractivity contribution >= 4 is 23.5 Å². The molecule has 0 radical (unpaired) electrons. The maximum atomic E-state index is 13.4. The maximum Gasteiger partial charge on any atom is 0.338 e. The monoisotopic (exact) mass is 474 g/mol. The lowest BCUT2D eigenvalue weighted by Gasteiger charge is -2.48. The van der Waals surface area contributed by atoms with Gasteiger partial charge in [0, 0.05) is 19.3 Å². The van der Waals surface area contributed by atoms with E-state index >= 15 is 0 Å². The number of hydrogen-bond acceptors (Lipinski definition) is 6. The van der Waals surface area contributed by atoms with E-state index in [1.54, 1.807) is 61.7 Å². The quantitative estimate of drug-likeness (QED) is 0.379. The Morgan fingerprint density at radius 3 is 2.14 bits per heavy atom. The van der Waals surface area contributed by atoms with Crippen molar-refractivity contribution in [2.75, 3.05) is 19.1 Å². The summed E-state index contributed by atoms with van der Waals surface area (Å²) in [5.41, 5.74) is 1.71. The van der Waals surface area contributed by atoms with Gasteiger partial charge in [-0.05, 0) is 42.0 Å². The van der Waals surface area contributed by atoms with E-state index in [0.29, 0.717) is 17.0 Å². The van der Waals surface area contributed by atoms with Crippen LogP contribution < -0.4 is 15.0 Å². The number of methoxy groups -OCH3 is 2. The third-order valence-electron chi connectivity index (χ3n) is 5.82. The number of carbonyl (C=O) groups is 3. The second-order valence-corrected chi connectivity index (χ2v) is 7.95. The molecule has 0 bridgehead atoms. The van der Waals surface area contributed by atoms with Crippen LogP contribution in [0.4, 0.5) is 5.69 Å². The molecule has 3 aromatic rings. The van der Waals surface area contributed by atoms with Crippen LogP contribution in [0.2, 0.25) is 0 Å². The highest BCUT2D eigenvalue weighted by atomic mass is 16.6. The molecule has 1 aliphatic heterocycles. The molecule has 1 saturated heterocycles. The van der Waals surface area contributed by atoms with Crippen molar-refractivity contribution in [2.45, 2.75) is 24.8 Å². The van der Waals surface area contributed by atoms with Gasteiger partial charge in [-0.2, -0.15) is 0 Å². The lowest BCUT2D eigenvalue weighted by atomic mass is 9.90. The SMILES string of the molecule is COc1ccc(N2C(=O)[C@H](OC)[C@H]2[C@H](OC(=O)c2ccccc2)C(=O)NCc2ccccc2)cc1. The molecule has 0 saturated carbocycles. The van der Waals surface area contributed by atoms with Crippen molar-refractivity contribution in [2.24, 2.45) is 0 Å². The van der Waals surface area contributed by atoms with Crippen LogP contribution in [0.15, 0.2) is 84.9 Å². The predicted octanol–water partition coefficient (Wildman–Crippen LogP) is 2.97. The van der Waals surface area contributed by atoms with E-state index in [4.69, 9.17) is 14.2 Å². The molecule has 2 amide bonds. The Kier molecular flexibility index (Phi) is 7.42. The molecule has 0 aromatic heterocycles. The number of benzene rings is 3. The lowest BCUT2D eigenvalue weighted by molar-refractivity contribution is -0.149. The molecule has 0 aliphatic carbocycles. The minimum atomic E-state index is -1.31. The first-order valence-electron chi connectivity index (χ1n) is 11.1.